The molecule has 0 aromatic heterocycles. The summed E-state index contributed by atoms with van der Waals surface area (Å²) in [5, 5.41) is 0. The standard InChI is InChI=1S/C39H78O2/c1-5-9-13-17-21-25-28-32-36(31-27-23-19-15-11-7-3)38-35-40-39(41-38)37(33-29-24-20-16-12-8-4)34-30-26-22-18-14-10-6-2/h36-39H,5-35H2,1-4H3. The summed E-state index contributed by atoms with van der Waals surface area (Å²) in [5.74, 6) is 1.31. The van der Waals surface area contributed by atoms with Crippen LogP contribution < -0.4 is 0 Å². The molecule has 0 bridgehead atoms. The van der Waals surface area contributed by atoms with Gasteiger partial charge in [-0.2, -0.15) is 0 Å². The van der Waals surface area contributed by atoms with Gasteiger partial charge in [-0.1, -0.05) is 195 Å². The summed E-state index contributed by atoms with van der Waals surface area (Å²) < 4.78 is 13.4. The Kier molecular flexibility index (Phi) is 28.5. The van der Waals surface area contributed by atoms with Crippen molar-refractivity contribution in [3.63, 3.8) is 0 Å². The van der Waals surface area contributed by atoms with Crippen molar-refractivity contribution in [3.05, 3.63) is 0 Å². The molecule has 2 heteroatoms. The van der Waals surface area contributed by atoms with E-state index >= 15 is 0 Å². The van der Waals surface area contributed by atoms with E-state index < -0.39 is 0 Å². The minimum absolute atomic E-state index is 0.0665. The number of hydrogen-bond acceptors (Lipinski definition) is 2. The molecule has 0 radical (unpaired) electrons. The zero-order chi connectivity index (χ0) is 29.6. The minimum Gasteiger partial charge on any atom is -0.350 e. The summed E-state index contributed by atoms with van der Waals surface area (Å²) in [5.41, 5.74) is 0. The third-order valence-corrected chi connectivity index (χ3v) is 9.86. The van der Waals surface area contributed by atoms with Gasteiger partial charge in [0.2, 0.25) is 0 Å². The lowest BCUT2D eigenvalue weighted by molar-refractivity contribution is -0.109. The van der Waals surface area contributed by atoms with E-state index in [0.29, 0.717) is 17.9 Å². The van der Waals surface area contributed by atoms with E-state index in [1.807, 2.05) is 0 Å². The maximum Gasteiger partial charge on any atom is 0.160 e. The van der Waals surface area contributed by atoms with Crippen molar-refractivity contribution in [2.24, 2.45) is 11.8 Å². The summed E-state index contributed by atoms with van der Waals surface area (Å²) in [7, 11) is 0. The summed E-state index contributed by atoms with van der Waals surface area (Å²) in [6.45, 7) is 10.1. The second-order valence-electron chi connectivity index (χ2n) is 13.8. The molecule has 4 unspecified atom stereocenters. The molecule has 0 aromatic rings. The Hall–Kier alpha value is -0.0800. The maximum atomic E-state index is 6.87. The third kappa shape index (κ3) is 22.1. The zero-order valence-corrected chi connectivity index (χ0v) is 29.0. The number of ether oxygens (including phenoxy) is 2. The molecule has 1 fully saturated rings. The molecule has 0 N–H and O–H groups in total. The zero-order valence-electron chi connectivity index (χ0n) is 29.0. The van der Waals surface area contributed by atoms with Gasteiger partial charge in [0.1, 0.15) is 0 Å². The highest BCUT2D eigenvalue weighted by Gasteiger charge is 2.35. The highest BCUT2D eigenvalue weighted by molar-refractivity contribution is 4.79. The largest absolute Gasteiger partial charge is 0.350 e. The summed E-state index contributed by atoms with van der Waals surface area (Å²) in [4.78, 5) is 0. The van der Waals surface area contributed by atoms with E-state index in [1.165, 1.54) is 193 Å². The Balaban J connectivity index is 2.57. The lowest BCUT2D eigenvalue weighted by atomic mass is 9.89. The van der Waals surface area contributed by atoms with Crippen LogP contribution in [0.3, 0.4) is 0 Å². The van der Waals surface area contributed by atoms with E-state index in [-0.39, 0.29) is 6.29 Å². The van der Waals surface area contributed by atoms with Gasteiger partial charge in [-0.3, -0.25) is 0 Å². The number of unbranched alkanes of at least 4 members (excludes halogenated alkanes) is 22. The molecular formula is C39H78O2. The highest BCUT2D eigenvalue weighted by atomic mass is 16.7. The van der Waals surface area contributed by atoms with Crippen LogP contribution in [-0.4, -0.2) is 19.0 Å². The lowest BCUT2D eigenvalue weighted by Gasteiger charge is -2.26. The Morgan fingerprint density at radius 1 is 0.390 bits per heavy atom. The van der Waals surface area contributed by atoms with Gasteiger partial charge >= 0.3 is 0 Å². The second kappa shape index (κ2) is 30.0. The number of rotatable bonds is 32. The third-order valence-electron chi connectivity index (χ3n) is 9.86. The van der Waals surface area contributed by atoms with Crippen molar-refractivity contribution in [1.29, 1.82) is 0 Å². The van der Waals surface area contributed by atoms with Crippen LogP contribution in [0.25, 0.3) is 0 Å². The minimum atomic E-state index is 0.0665. The average molecular weight is 579 g/mol. The fourth-order valence-electron chi connectivity index (χ4n) is 6.97. The van der Waals surface area contributed by atoms with E-state index in [0.717, 1.165) is 6.61 Å². The van der Waals surface area contributed by atoms with Crippen LogP contribution in [0.1, 0.15) is 220 Å². The van der Waals surface area contributed by atoms with E-state index in [9.17, 15) is 0 Å². The molecule has 1 aliphatic rings. The topological polar surface area (TPSA) is 18.5 Å². The van der Waals surface area contributed by atoms with E-state index in [4.69, 9.17) is 9.47 Å². The molecule has 2 nitrogen and oxygen atoms in total. The quantitative estimate of drug-likeness (QED) is 0.0739. The fourth-order valence-corrected chi connectivity index (χ4v) is 6.97. The Morgan fingerprint density at radius 2 is 0.683 bits per heavy atom. The van der Waals surface area contributed by atoms with Crippen LogP contribution in [0.4, 0.5) is 0 Å². The van der Waals surface area contributed by atoms with Crippen LogP contribution in [-0.2, 0) is 9.47 Å². The molecule has 1 aliphatic heterocycles. The molecule has 1 heterocycles. The van der Waals surface area contributed by atoms with Crippen molar-refractivity contribution >= 4 is 0 Å². The van der Waals surface area contributed by atoms with Gasteiger partial charge in [0.25, 0.3) is 0 Å². The fraction of sp³-hybridized carbons (Fsp3) is 1.00. The predicted molar refractivity (Wildman–Crippen MR) is 183 cm³/mol. The first-order chi connectivity index (χ1) is 20.3. The van der Waals surface area contributed by atoms with Crippen molar-refractivity contribution in [1.82, 2.24) is 0 Å². The molecule has 4 atom stereocenters. The smallest absolute Gasteiger partial charge is 0.160 e. The molecule has 1 saturated heterocycles. The van der Waals surface area contributed by atoms with Crippen LogP contribution in [0, 0.1) is 11.8 Å². The molecule has 0 saturated carbocycles. The van der Waals surface area contributed by atoms with Gasteiger partial charge < -0.3 is 9.47 Å². The van der Waals surface area contributed by atoms with Crippen molar-refractivity contribution < 1.29 is 9.47 Å². The molecular weight excluding hydrogens is 500 g/mol. The first-order valence-corrected chi connectivity index (χ1v) is 19.5. The Bertz CT molecular complexity index is 462. The van der Waals surface area contributed by atoms with Crippen LogP contribution in [0.5, 0.6) is 0 Å². The van der Waals surface area contributed by atoms with Crippen molar-refractivity contribution in [3.8, 4) is 0 Å². The SMILES string of the molecule is CCCCCCCCCC(CCCCCCCC)C1COC(C(CCCCCCCC)CCCCCCCCC)O1. The molecule has 0 spiro atoms. The summed E-state index contributed by atoms with van der Waals surface area (Å²) in [6, 6.07) is 0. The van der Waals surface area contributed by atoms with Crippen LogP contribution >= 0.6 is 0 Å². The predicted octanol–water partition coefficient (Wildman–Crippen LogP) is 13.7. The molecule has 41 heavy (non-hydrogen) atoms. The summed E-state index contributed by atoms with van der Waals surface area (Å²) >= 11 is 0. The van der Waals surface area contributed by atoms with Gasteiger partial charge in [0.05, 0.1) is 12.7 Å². The average Bonchev–Trinajstić information content (AvgIpc) is 3.47. The van der Waals surface area contributed by atoms with Crippen molar-refractivity contribution in [2.45, 2.75) is 233 Å². The molecule has 0 aromatic carbocycles. The van der Waals surface area contributed by atoms with Gasteiger partial charge in [0.15, 0.2) is 6.29 Å². The number of hydrogen-bond donors (Lipinski definition) is 0. The monoisotopic (exact) mass is 579 g/mol. The van der Waals surface area contributed by atoms with Crippen LogP contribution in [0.15, 0.2) is 0 Å². The lowest BCUT2D eigenvalue weighted by Crippen LogP contribution is -2.27. The van der Waals surface area contributed by atoms with E-state index in [2.05, 4.69) is 27.7 Å². The Morgan fingerprint density at radius 3 is 1.02 bits per heavy atom. The van der Waals surface area contributed by atoms with Gasteiger partial charge in [-0.25, -0.2) is 0 Å². The highest BCUT2D eigenvalue weighted by Crippen LogP contribution is 2.34. The second-order valence-corrected chi connectivity index (χ2v) is 13.8. The molecule has 1 rings (SSSR count). The molecule has 0 aliphatic carbocycles. The van der Waals surface area contributed by atoms with Crippen LogP contribution in [0.2, 0.25) is 0 Å². The van der Waals surface area contributed by atoms with Gasteiger partial charge in [-0.05, 0) is 31.6 Å². The Labute approximate surface area is 260 Å². The maximum absolute atomic E-state index is 6.87. The van der Waals surface area contributed by atoms with Crippen molar-refractivity contribution in [2.75, 3.05) is 6.61 Å². The first kappa shape index (κ1) is 38.9. The van der Waals surface area contributed by atoms with Gasteiger partial charge in [0, 0.05) is 5.92 Å². The first-order valence-electron chi connectivity index (χ1n) is 19.5. The van der Waals surface area contributed by atoms with Gasteiger partial charge in [-0.15, -0.1) is 0 Å². The molecule has 0 amide bonds. The molecule has 246 valence electrons. The normalized spacial score (nSPS) is 18.7. The summed E-state index contributed by atoms with van der Waals surface area (Å²) in [6.07, 6.45) is 42.0. The van der Waals surface area contributed by atoms with E-state index in [1.54, 1.807) is 0 Å².